The first kappa shape index (κ1) is 30.0. The van der Waals surface area contributed by atoms with Crippen LogP contribution in [0.1, 0.15) is 42.4 Å². The van der Waals surface area contributed by atoms with Crippen molar-refractivity contribution in [3.05, 3.63) is 76.6 Å². The van der Waals surface area contributed by atoms with Crippen molar-refractivity contribution in [3.8, 4) is 0 Å². The van der Waals surface area contributed by atoms with Crippen LogP contribution < -0.4 is 5.32 Å². The first-order valence-corrected chi connectivity index (χ1v) is 13.7. The molecule has 1 heterocycles. The van der Waals surface area contributed by atoms with Crippen molar-refractivity contribution >= 4 is 26.0 Å². The zero-order valence-electron chi connectivity index (χ0n) is 21.3. The van der Waals surface area contributed by atoms with E-state index in [1.807, 2.05) is 24.3 Å². The van der Waals surface area contributed by atoms with Crippen LogP contribution in [-0.2, 0) is 22.2 Å². The number of phosphoric ester groups is 1. The number of hydrazine groups is 1. The number of nitrogens with zero attached hydrogens (tertiary/aromatic N) is 3. The SMILES string of the molecule is CN(C(=O)NCc1cccc(F)c1F)N1Cc2ccccc2C=C1N(CCCCCCOP(=O)(O)O)C(=O)O. The summed E-state index contributed by atoms with van der Waals surface area (Å²) >= 11 is 0. The molecule has 0 bridgehead atoms. The van der Waals surface area contributed by atoms with Crippen LogP contribution in [0.3, 0.4) is 0 Å². The summed E-state index contributed by atoms with van der Waals surface area (Å²) in [5.74, 6) is -1.85. The van der Waals surface area contributed by atoms with E-state index in [2.05, 4.69) is 9.84 Å². The molecular weight excluding hydrogens is 537 g/mol. The lowest BCUT2D eigenvalue weighted by Crippen LogP contribution is -2.52. The lowest BCUT2D eigenvalue weighted by molar-refractivity contribution is 0.0282. The number of carbonyl (C=O) groups excluding carboxylic acids is 1. The van der Waals surface area contributed by atoms with Gasteiger partial charge in [0.25, 0.3) is 0 Å². The van der Waals surface area contributed by atoms with E-state index in [9.17, 15) is 28.0 Å². The summed E-state index contributed by atoms with van der Waals surface area (Å²) < 4.78 is 42.7. The Kier molecular flexibility index (Phi) is 10.4. The fourth-order valence-electron chi connectivity index (χ4n) is 4.05. The molecule has 0 spiro atoms. The number of carboxylic acid groups (broad SMARTS) is 1. The van der Waals surface area contributed by atoms with Crippen LogP contribution in [0, 0.1) is 11.6 Å². The molecular formula is C25H31F2N4O7P. The minimum atomic E-state index is -4.52. The zero-order chi connectivity index (χ0) is 28.6. The number of carbonyl (C=O) groups is 2. The number of phosphoric acid groups is 1. The van der Waals surface area contributed by atoms with Gasteiger partial charge in [-0.3, -0.25) is 14.4 Å². The van der Waals surface area contributed by atoms with Gasteiger partial charge in [-0.25, -0.2) is 27.9 Å². The van der Waals surface area contributed by atoms with Gasteiger partial charge >= 0.3 is 19.9 Å². The van der Waals surface area contributed by atoms with Crippen LogP contribution in [-0.4, -0.2) is 62.1 Å². The third kappa shape index (κ3) is 8.49. The van der Waals surface area contributed by atoms with Crippen LogP contribution in [0.2, 0.25) is 0 Å². The monoisotopic (exact) mass is 568 g/mol. The van der Waals surface area contributed by atoms with Crippen molar-refractivity contribution in [3.63, 3.8) is 0 Å². The van der Waals surface area contributed by atoms with Gasteiger partial charge in [0.2, 0.25) is 0 Å². The van der Waals surface area contributed by atoms with Crippen molar-refractivity contribution in [1.82, 2.24) is 20.2 Å². The Morgan fingerprint density at radius 3 is 2.51 bits per heavy atom. The summed E-state index contributed by atoms with van der Waals surface area (Å²) in [6.07, 6.45) is 2.42. The summed E-state index contributed by atoms with van der Waals surface area (Å²) in [6.45, 7) is -0.0976. The highest BCUT2D eigenvalue weighted by atomic mass is 31.2. The van der Waals surface area contributed by atoms with Crippen molar-refractivity contribution in [2.24, 2.45) is 0 Å². The maximum absolute atomic E-state index is 14.0. The third-order valence-electron chi connectivity index (χ3n) is 6.08. The van der Waals surface area contributed by atoms with E-state index in [1.54, 1.807) is 6.08 Å². The highest BCUT2D eigenvalue weighted by Gasteiger charge is 2.31. The first-order valence-electron chi connectivity index (χ1n) is 12.2. The number of nitrogens with one attached hydrogen (secondary N) is 1. The molecule has 0 saturated carbocycles. The highest BCUT2D eigenvalue weighted by molar-refractivity contribution is 7.46. The molecule has 1 aliphatic heterocycles. The average Bonchev–Trinajstić information content (AvgIpc) is 2.89. The molecule has 0 atom stereocenters. The van der Waals surface area contributed by atoms with Gasteiger partial charge in [-0.05, 0) is 36.1 Å². The molecule has 14 heteroatoms. The largest absolute Gasteiger partial charge is 0.469 e. The van der Waals surface area contributed by atoms with Crippen LogP contribution >= 0.6 is 7.82 Å². The Hall–Kier alpha value is -3.51. The second-order valence-electron chi connectivity index (χ2n) is 8.83. The van der Waals surface area contributed by atoms with Gasteiger partial charge in [0, 0.05) is 25.7 Å². The van der Waals surface area contributed by atoms with Gasteiger partial charge in [0.1, 0.15) is 5.82 Å². The number of hydrogen-bond donors (Lipinski definition) is 4. The standard InChI is InChI=1S/C25H31F2N4O7P/c1-29(24(32)28-16-19-11-8-12-21(26)23(19)27)31-17-20-10-5-4-9-18(20)15-22(31)30(25(33)34)13-6-2-3-7-14-38-39(35,36)37/h4-5,8-12,15H,2-3,6-7,13-14,16-17H2,1H3,(H,28,32)(H,33,34)(H2,35,36,37). The van der Waals surface area contributed by atoms with Crippen molar-refractivity contribution < 1.29 is 42.4 Å². The van der Waals surface area contributed by atoms with Crippen LogP contribution in [0.4, 0.5) is 18.4 Å². The number of amides is 3. The van der Waals surface area contributed by atoms with Crippen molar-refractivity contribution in [2.45, 2.75) is 38.8 Å². The number of fused-ring (bicyclic) bond motifs is 1. The Morgan fingerprint density at radius 2 is 1.79 bits per heavy atom. The minimum absolute atomic E-state index is 0.0325. The van der Waals surface area contributed by atoms with Gasteiger partial charge in [0.05, 0.1) is 13.2 Å². The molecule has 4 N–H and O–H groups in total. The number of halogens is 2. The smallest absolute Gasteiger partial charge is 0.465 e. The summed E-state index contributed by atoms with van der Waals surface area (Å²) in [5, 5.41) is 15.2. The van der Waals surface area contributed by atoms with E-state index in [4.69, 9.17) is 9.79 Å². The fourth-order valence-corrected chi connectivity index (χ4v) is 4.42. The molecule has 11 nitrogen and oxygen atoms in total. The number of rotatable bonds is 12. The topological polar surface area (TPSA) is 143 Å². The van der Waals surface area contributed by atoms with Gasteiger partial charge in [-0.15, -0.1) is 0 Å². The Bertz CT molecular complexity index is 1260. The molecule has 0 unspecified atom stereocenters. The van der Waals surface area contributed by atoms with Gasteiger partial charge in [0.15, 0.2) is 11.6 Å². The zero-order valence-corrected chi connectivity index (χ0v) is 22.2. The quantitative estimate of drug-likeness (QED) is 0.217. The van der Waals surface area contributed by atoms with E-state index < -0.39 is 31.6 Å². The predicted molar refractivity (Wildman–Crippen MR) is 138 cm³/mol. The van der Waals surface area contributed by atoms with Crippen LogP contribution in [0.15, 0.2) is 48.3 Å². The van der Waals surface area contributed by atoms with E-state index in [1.165, 1.54) is 29.2 Å². The molecule has 39 heavy (non-hydrogen) atoms. The molecule has 2 aromatic rings. The molecule has 0 aliphatic carbocycles. The molecule has 0 fully saturated rings. The average molecular weight is 569 g/mol. The molecule has 0 saturated heterocycles. The van der Waals surface area contributed by atoms with E-state index in [-0.39, 0.29) is 37.6 Å². The second kappa shape index (κ2) is 13.5. The molecule has 0 radical (unpaired) electrons. The van der Waals surface area contributed by atoms with E-state index in [0.29, 0.717) is 25.7 Å². The summed E-state index contributed by atoms with van der Waals surface area (Å²) in [7, 11) is -3.07. The molecule has 0 aromatic heterocycles. The Labute approximate surface area is 224 Å². The van der Waals surface area contributed by atoms with E-state index >= 15 is 0 Å². The van der Waals surface area contributed by atoms with Crippen molar-refractivity contribution in [1.29, 1.82) is 0 Å². The second-order valence-corrected chi connectivity index (χ2v) is 10.1. The normalized spacial score (nSPS) is 12.9. The molecule has 3 amide bonds. The van der Waals surface area contributed by atoms with Gasteiger partial charge < -0.3 is 20.2 Å². The maximum atomic E-state index is 14.0. The lowest BCUT2D eigenvalue weighted by atomic mass is 10.0. The summed E-state index contributed by atoms with van der Waals surface area (Å²) in [5.41, 5.74) is 1.61. The first-order chi connectivity index (χ1) is 18.5. The number of benzene rings is 2. The van der Waals surface area contributed by atoms with Crippen molar-refractivity contribution in [2.75, 3.05) is 20.2 Å². The molecule has 2 aromatic carbocycles. The van der Waals surface area contributed by atoms with Crippen LogP contribution in [0.5, 0.6) is 0 Å². The summed E-state index contributed by atoms with van der Waals surface area (Å²) in [6, 6.07) is 10.3. The molecule has 3 rings (SSSR count). The third-order valence-corrected chi connectivity index (χ3v) is 6.60. The van der Waals surface area contributed by atoms with Gasteiger partial charge in [-0.2, -0.15) is 0 Å². The van der Waals surface area contributed by atoms with Gasteiger partial charge in [-0.1, -0.05) is 49.2 Å². The van der Waals surface area contributed by atoms with Crippen LogP contribution in [0.25, 0.3) is 6.08 Å². The lowest BCUT2D eigenvalue weighted by Gasteiger charge is -2.41. The minimum Gasteiger partial charge on any atom is -0.465 e. The maximum Gasteiger partial charge on any atom is 0.469 e. The predicted octanol–water partition coefficient (Wildman–Crippen LogP) is 4.49. The summed E-state index contributed by atoms with van der Waals surface area (Å²) in [4.78, 5) is 43.8. The molecule has 1 aliphatic rings. The number of urea groups is 1. The number of unbranched alkanes of at least 4 members (excludes halogenated alkanes) is 3. The Balaban J connectivity index is 1.70. The van der Waals surface area contributed by atoms with E-state index in [0.717, 1.165) is 22.1 Å². The number of hydrogen-bond acceptors (Lipinski definition) is 5. The molecule has 212 valence electrons. The Morgan fingerprint density at radius 1 is 1.08 bits per heavy atom. The fraction of sp³-hybridized carbons (Fsp3) is 0.360. The highest BCUT2D eigenvalue weighted by Crippen LogP contribution is 2.35.